The number of allylic oxidation sites excluding steroid dienone is 6. The van der Waals surface area contributed by atoms with E-state index in [9.17, 15) is 4.57 Å². The molecule has 1 aliphatic heterocycles. The Labute approximate surface area is 158 Å². The molecule has 1 aliphatic rings. The fourth-order valence-corrected chi connectivity index (χ4v) is 4.78. The van der Waals surface area contributed by atoms with E-state index < -0.39 is 7.37 Å². The molecule has 4 heteroatoms. The molecule has 3 nitrogen and oxygen atoms in total. The van der Waals surface area contributed by atoms with Crippen LogP contribution >= 0.6 is 7.37 Å². The minimum atomic E-state index is -3.22. The van der Waals surface area contributed by atoms with Gasteiger partial charge in [-0.15, -0.1) is 0 Å². The van der Waals surface area contributed by atoms with E-state index >= 15 is 0 Å². The molecule has 0 aromatic heterocycles. The van der Waals surface area contributed by atoms with E-state index in [1.165, 1.54) is 7.11 Å². The molecule has 0 fully saturated rings. The first kappa shape index (κ1) is 20.7. The van der Waals surface area contributed by atoms with Crippen molar-refractivity contribution in [3.63, 3.8) is 0 Å². The molecule has 1 aromatic rings. The molecule has 0 saturated carbocycles. The zero-order valence-electron chi connectivity index (χ0n) is 17.2. The van der Waals surface area contributed by atoms with Crippen molar-refractivity contribution in [1.29, 1.82) is 0 Å². The van der Waals surface area contributed by atoms with Crippen LogP contribution in [-0.2, 0) is 13.8 Å². The zero-order valence-corrected chi connectivity index (χ0v) is 18.1. The molecule has 0 bridgehead atoms. The molecule has 1 aromatic carbocycles. The van der Waals surface area contributed by atoms with E-state index in [1.807, 2.05) is 49.4 Å². The third-order valence-corrected chi connectivity index (χ3v) is 7.00. The van der Waals surface area contributed by atoms with E-state index in [1.54, 1.807) is 0 Å². The van der Waals surface area contributed by atoms with Crippen LogP contribution in [0, 0.1) is 10.8 Å². The highest BCUT2D eigenvalue weighted by molar-refractivity contribution is 7.71. The van der Waals surface area contributed by atoms with Crippen molar-refractivity contribution in [2.24, 2.45) is 10.8 Å². The van der Waals surface area contributed by atoms with Gasteiger partial charge in [0.15, 0.2) is 0 Å². The average Bonchev–Trinajstić information content (AvgIpc) is 2.74. The smallest absolute Gasteiger partial charge is 0.261 e. The first-order valence-corrected chi connectivity index (χ1v) is 10.6. The maximum absolute atomic E-state index is 13.9. The summed E-state index contributed by atoms with van der Waals surface area (Å²) in [5, 5.41) is 1.38. The van der Waals surface area contributed by atoms with Crippen molar-refractivity contribution in [2.75, 3.05) is 7.11 Å². The number of hydrogen-bond donors (Lipinski definition) is 0. The highest BCUT2D eigenvalue weighted by Gasteiger charge is 2.35. The second-order valence-electron chi connectivity index (χ2n) is 8.76. The summed E-state index contributed by atoms with van der Waals surface area (Å²) in [4.78, 5) is 0. The average molecular weight is 374 g/mol. The predicted octanol–water partition coefficient (Wildman–Crippen LogP) is 6.40. The van der Waals surface area contributed by atoms with Crippen LogP contribution in [0.2, 0.25) is 0 Å². The molecular weight excluding hydrogens is 343 g/mol. The van der Waals surface area contributed by atoms with Gasteiger partial charge in [-0.1, -0.05) is 59.7 Å². The zero-order chi connectivity index (χ0) is 19.8. The molecule has 0 amide bonds. The van der Waals surface area contributed by atoms with Crippen LogP contribution in [0.25, 0.3) is 0 Å². The lowest BCUT2D eigenvalue weighted by molar-refractivity contribution is 0.165. The summed E-state index contributed by atoms with van der Waals surface area (Å²) in [6.45, 7) is 14.6. The lowest BCUT2D eigenvalue weighted by Crippen LogP contribution is -2.18. The van der Waals surface area contributed by atoms with Gasteiger partial charge in [0.2, 0.25) is 0 Å². The fraction of sp³-hybridized carbons (Fsp3) is 0.455. The lowest BCUT2D eigenvalue weighted by atomic mass is 9.91. The van der Waals surface area contributed by atoms with Crippen molar-refractivity contribution < 1.29 is 13.8 Å². The van der Waals surface area contributed by atoms with Gasteiger partial charge in [0.25, 0.3) is 7.37 Å². The van der Waals surface area contributed by atoms with Crippen LogP contribution in [0.4, 0.5) is 0 Å². The topological polar surface area (TPSA) is 35.5 Å². The second kappa shape index (κ2) is 7.21. The fourth-order valence-electron chi connectivity index (χ4n) is 2.71. The molecule has 26 heavy (non-hydrogen) atoms. The molecular formula is C22H31O3P. The van der Waals surface area contributed by atoms with Crippen LogP contribution in [0.1, 0.15) is 48.5 Å². The van der Waals surface area contributed by atoms with Crippen LogP contribution in [0.15, 0.2) is 64.9 Å². The van der Waals surface area contributed by atoms with Crippen molar-refractivity contribution >= 4 is 12.7 Å². The first-order valence-electron chi connectivity index (χ1n) is 8.94. The third kappa shape index (κ3) is 4.22. The summed E-state index contributed by atoms with van der Waals surface area (Å²) in [6, 6.07) is 9.39. The van der Waals surface area contributed by atoms with Crippen LogP contribution in [0.3, 0.4) is 0 Å². The summed E-state index contributed by atoms with van der Waals surface area (Å²) in [7, 11) is -1.71. The normalized spacial score (nSPS) is 18.5. The summed E-state index contributed by atoms with van der Waals surface area (Å²) < 4.78 is 25.9. The van der Waals surface area contributed by atoms with Crippen LogP contribution in [0.5, 0.6) is 0 Å². The van der Waals surface area contributed by atoms with Gasteiger partial charge in [-0.3, -0.25) is 4.57 Å². The Balaban J connectivity index is 2.77. The highest BCUT2D eigenvalue weighted by atomic mass is 31.2. The summed E-state index contributed by atoms with van der Waals surface area (Å²) >= 11 is 0. The summed E-state index contributed by atoms with van der Waals surface area (Å²) in [6.07, 6.45) is 3.92. The Hall–Kier alpha value is -1.57. The molecule has 0 N–H and O–H groups in total. The molecule has 1 unspecified atom stereocenters. The van der Waals surface area contributed by atoms with Crippen LogP contribution < -0.4 is 5.30 Å². The molecule has 0 spiro atoms. The van der Waals surface area contributed by atoms with Crippen molar-refractivity contribution in [3.05, 3.63) is 64.9 Å². The molecule has 1 atom stereocenters. The SMILES string of the molecule is COP(=O)(C1=C(C)C=C(C(C)(C)C)OC(C(C)(C)C)=C1)c1ccccc1. The lowest BCUT2D eigenvalue weighted by Gasteiger charge is -2.29. The van der Waals surface area contributed by atoms with Gasteiger partial charge < -0.3 is 9.26 Å². The Kier molecular flexibility index (Phi) is 5.75. The Morgan fingerprint density at radius 3 is 1.85 bits per heavy atom. The summed E-state index contributed by atoms with van der Waals surface area (Å²) in [5.74, 6) is 1.65. The molecule has 0 aliphatic carbocycles. The van der Waals surface area contributed by atoms with Crippen molar-refractivity contribution in [1.82, 2.24) is 0 Å². The van der Waals surface area contributed by atoms with Gasteiger partial charge >= 0.3 is 0 Å². The molecule has 0 saturated heterocycles. The number of rotatable bonds is 3. The highest BCUT2D eigenvalue weighted by Crippen LogP contribution is 2.57. The molecule has 2 rings (SSSR count). The maximum Gasteiger partial charge on any atom is 0.261 e. The minimum Gasteiger partial charge on any atom is -0.465 e. The first-order chi connectivity index (χ1) is 11.9. The van der Waals surface area contributed by atoms with Gasteiger partial charge in [0.1, 0.15) is 11.5 Å². The van der Waals surface area contributed by atoms with Gasteiger partial charge in [-0.2, -0.15) is 0 Å². The van der Waals surface area contributed by atoms with E-state index in [4.69, 9.17) is 9.26 Å². The monoisotopic (exact) mass is 374 g/mol. The van der Waals surface area contributed by atoms with Gasteiger partial charge in [-0.25, -0.2) is 0 Å². The summed E-state index contributed by atoms with van der Waals surface area (Å²) in [5.41, 5.74) is 0.517. The quantitative estimate of drug-likeness (QED) is 0.574. The van der Waals surface area contributed by atoms with Gasteiger partial charge in [0.05, 0.1) is 0 Å². The number of ether oxygens (including phenoxy) is 1. The minimum absolute atomic E-state index is 0.162. The largest absolute Gasteiger partial charge is 0.465 e. The Morgan fingerprint density at radius 2 is 1.38 bits per heavy atom. The number of benzene rings is 1. The van der Waals surface area contributed by atoms with E-state index in [0.717, 1.165) is 17.1 Å². The molecule has 1 heterocycles. The van der Waals surface area contributed by atoms with E-state index in [-0.39, 0.29) is 10.8 Å². The van der Waals surface area contributed by atoms with Crippen LogP contribution in [-0.4, -0.2) is 7.11 Å². The van der Waals surface area contributed by atoms with Crippen molar-refractivity contribution in [2.45, 2.75) is 48.5 Å². The molecule has 142 valence electrons. The van der Waals surface area contributed by atoms with Gasteiger partial charge in [-0.05, 0) is 36.8 Å². The van der Waals surface area contributed by atoms with E-state index in [0.29, 0.717) is 10.6 Å². The second-order valence-corrected chi connectivity index (χ2v) is 11.2. The molecule has 0 radical (unpaired) electrons. The third-order valence-electron chi connectivity index (χ3n) is 4.39. The van der Waals surface area contributed by atoms with Crippen molar-refractivity contribution in [3.8, 4) is 0 Å². The predicted molar refractivity (Wildman–Crippen MR) is 110 cm³/mol. The Bertz CT molecular complexity index is 800. The number of hydrogen-bond acceptors (Lipinski definition) is 3. The Morgan fingerprint density at radius 1 is 0.885 bits per heavy atom. The van der Waals surface area contributed by atoms with Gasteiger partial charge in [0, 0.05) is 28.6 Å². The van der Waals surface area contributed by atoms with E-state index in [2.05, 4.69) is 41.5 Å². The maximum atomic E-state index is 13.9. The standard InChI is InChI=1S/C22H31O3P/c1-16-14-19(21(2,3)4)25-20(22(5,6)7)15-18(16)26(23,24-8)17-12-10-9-11-13-17/h9-15H,1-8H3.